The van der Waals surface area contributed by atoms with Crippen molar-refractivity contribution in [3.8, 4) is 11.5 Å². The van der Waals surface area contributed by atoms with Crippen molar-refractivity contribution in [2.24, 2.45) is 0 Å². The van der Waals surface area contributed by atoms with E-state index in [-0.39, 0.29) is 11.2 Å². The van der Waals surface area contributed by atoms with E-state index in [0.717, 1.165) is 16.8 Å². The van der Waals surface area contributed by atoms with Gasteiger partial charge in [0, 0.05) is 22.7 Å². The molecule has 0 atom stereocenters. The molecule has 3 aromatic rings. The minimum absolute atomic E-state index is 0.0168. The van der Waals surface area contributed by atoms with Gasteiger partial charge in [0.2, 0.25) is 0 Å². The highest BCUT2D eigenvalue weighted by molar-refractivity contribution is 14.1. The summed E-state index contributed by atoms with van der Waals surface area (Å²) in [5, 5.41) is 10.5. The molecule has 2 N–H and O–H groups in total. The Bertz CT molecular complexity index is 960. The fraction of sp³-hybridized carbons (Fsp3) is 0.0556. The van der Waals surface area contributed by atoms with Gasteiger partial charge in [-0.15, -0.1) is 0 Å². The molecule has 0 aliphatic carbocycles. The third-order valence-electron chi connectivity index (χ3n) is 3.48. The first-order valence-corrected chi connectivity index (χ1v) is 8.03. The summed E-state index contributed by atoms with van der Waals surface area (Å²) in [5.74, 6) is 0.549. The van der Waals surface area contributed by atoms with Gasteiger partial charge in [0.1, 0.15) is 0 Å². The first-order chi connectivity index (χ1) is 11.1. The Morgan fingerprint density at radius 1 is 1.17 bits per heavy atom. The molecular weight excluding hydrogens is 405 g/mol. The highest BCUT2D eigenvalue weighted by Gasteiger charge is 2.07. The number of phenols is 1. The lowest BCUT2D eigenvalue weighted by atomic mass is 10.1. The number of aromatic nitrogens is 1. The maximum absolute atomic E-state index is 12.1. The van der Waals surface area contributed by atoms with Gasteiger partial charge >= 0.3 is 0 Å². The van der Waals surface area contributed by atoms with Gasteiger partial charge in [-0.2, -0.15) is 0 Å². The Hall–Kier alpha value is -2.28. The normalized spacial score (nSPS) is 11.2. The Morgan fingerprint density at radius 3 is 2.74 bits per heavy atom. The molecular formula is C18H14INO3. The Kier molecular flexibility index (Phi) is 4.38. The van der Waals surface area contributed by atoms with Crippen LogP contribution in [0.4, 0.5) is 0 Å². The summed E-state index contributed by atoms with van der Waals surface area (Å²) in [6.45, 7) is 0. The number of aromatic amines is 1. The van der Waals surface area contributed by atoms with Gasteiger partial charge in [0.15, 0.2) is 16.9 Å². The second-order valence-corrected chi connectivity index (χ2v) is 6.18. The molecule has 0 spiro atoms. The van der Waals surface area contributed by atoms with Crippen LogP contribution in [0.15, 0.2) is 47.3 Å². The molecule has 23 heavy (non-hydrogen) atoms. The molecule has 3 rings (SSSR count). The highest BCUT2D eigenvalue weighted by Crippen LogP contribution is 2.32. The number of hydrogen-bond acceptors (Lipinski definition) is 3. The fourth-order valence-corrected chi connectivity index (χ4v) is 2.96. The zero-order chi connectivity index (χ0) is 16.4. The number of halogens is 1. The minimum Gasteiger partial charge on any atom is -0.504 e. The van der Waals surface area contributed by atoms with Crippen LogP contribution in [0.25, 0.3) is 23.1 Å². The average Bonchev–Trinajstić information content (AvgIpc) is 2.56. The van der Waals surface area contributed by atoms with Crippen molar-refractivity contribution < 1.29 is 9.84 Å². The standard InChI is InChI=1S/C18H14INO3/c1-23-17-9-11(8-14(19)18(17)22)6-7-12-10-16(21)13-4-2-3-5-15(13)20-12/h2-10,22H,1H3,(H,20,21). The number of phenolic OH excluding ortho intramolecular Hbond substituents is 1. The van der Waals surface area contributed by atoms with E-state index < -0.39 is 0 Å². The van der Waals surface area contributed by atoms with Crippen molar-refractivity contribution >= 4 is 45.6 Å². The number of ether oxygens (including phenoxy) is 1. The maximum atomic E-state index is 12.1. The molecule has 4 nitrogen and oxygen atoms in total. The maximum Gasteiger partial charge on any atom is 0.189 e. The van der Waals surface area contributed by atoms with Crippen molar-refractivity contribution in [3.63, 3.8) is 0 Å². The molecule has 5 heteroatoms. The van der Waals surface area contributed by atoms with Gasteiger partial charge in [-0.25, -0.2) is 0 Å². The van der Waals surface area contributed by atoms with Gasteiger partial charge in [0.05, 0.1) is 10.7 Å². The zero-order valence-electron chi connectivity index (χ0n) is 12.3. The Balaban J connectivity index is 2.00. The van der Waals surface area contributed by atoms with Crippen LogP contribution in [0, 0.1) is 3.57 Å². The molecule has 0 radical (unpaired) electrons. The van der Waals surface area contributed by atoms with E-state index in [9.17, 15) is 9.90 Å². The van der Waals surface area contributed by atoms with Gasteiger partial charge in [-0.3, -0.25) is 4.79 Å². The molecule has 0 saturated carbocycles. The molecule has 2 aromatic carbocycles. The molecule has 0 amide bonds. The van der Waals surface area contributed by atoms with Gasteiger partial charge in [0.25, 0.3) is 0 Å². The predicted molar refractivity (Wildman–Crippen MR) is 101 cm³/mol. The van der Waals surface area contributed by atoms with Crippen LogP contribution in [-0.4, -0.2) is 17.2 Å². The summed E-state index contributed by atoms with van der Waals surface area (Å²) >= 11 is 2.05. The molecule has 0 bridgehead atoms. The number of para-hydroxylation sites is 1. The lowest BCUT2D eigenvalue weighted by Crippen LogP contribution is -2.02. The summed E-state index contributed by atoms with van der Waals surface area (Å²) < 4.78 is 5.85. The number of fused-ring (bicyclic) bond motifs is 1. The fourth-order valence-electron chi connectivity index (χ4n) is 2.34. The van der Waals surface area contributed by atoms with Crippen LogP contribution < -0.4 is 10.2 Å². The summed E-state index contributed by atoms with van der Waals surface area (Å²) in [5.41, 5.74) is 2.38. The summed E-state index contributed by atoms with van der Waals surface area (Å²) in [6.07, 6.45) is 3.69. The largest absolute Gasteiger partial charge is 0.504 e. The molecule has 0 saturated heterocycles. The smallest absolute Gasteiger partial charge is 0.189 e. The summed E-state index contributed by atoms with van der Waals surface area (Å²) in [6, 6.07) is 12.6. The van der Waals surface area contributed by atoms with Crippen molar-refractivity contribution in [1.82, 2.24) is 4.98 Å². The van der Waals surface area contributed by atoms with E-state index in [0.29, 0.717) is 14.7 Å². The predicted octanol–water partition coefficient (Wildman–Crippen LogP) is 4.02. The zero-order valence-corrected chi connectivity index (χ0v) is 14.5. The number of methoxy groups -OCH3 is 1. The van der Waals surface area contributed by atoms with Crippen LogP contribution in [0.5, 0.6) is 11.5 Å². The Morgan fingerprint density at radius 2 is 1.96 bits per heavy atom. The number of rotatable bonds is 3. The number of nitrogens with one attached hydrogen (secondary N) is 1. The van der Waals surface area contributed by atoms with E-state index in [4.69, 9.17) is 4.74 Å². The van der Waals surface area contributed by atoms with E-state index in [1.54, 1.807) is 18.2 Å². The minimum atomic E-state index is -0.0168. The molecule has 1 aromatic heterocycles. The van der Waals surface area contributed by atoms with Gasteiger partial charge in [-0.05, 0) is 58.5 Å². The van der Waals surface area contributed by atoms with Crippen molar-refractivity contribution in [3.05, 3.63) is 67.5 Å². The third-order valence-corrected chi connectivity index (χ3v) is 4.31. The first-order valence-electron chi connectivity index (χ1n) is 6.95. The Labute approximate surface area is 146 Å². The molecule has 116 valence electrons. The molecule has 0 unspecified atom stereocenters. The summed E-state index contributed by atoms with van der Waals surface area (Å²) in [7, 11) is 1.51. The van der Waals surface area contributed by atoms with E-state index in [1.807, 2.05) is 59.0 Å². The monoisotopic (exact) mass is 419 g/mol. The van der Waals surface area contributed by atoms with Crippen molar-refractivity contribution in [2.45, 2.75) is 0 Å². The van der Waals surface area contributed by atoms with Crippen LogP contribution in [0.2, 0.25) is 0 Å². The third kappa shape index (κ3) is 3.24. The van der Waals surface area contributed by atoms with Crippen LogP contribution >= 0.6 is 22.6 Å². The van der Waals surface area contributed by atoms with Crippen LogP contribution in [0.3, 0.4) is 0 Å². The second kappa shape index (κ2) is 6.45. The van der Waals surface area contributed by atoms with Crippen LogP contribution in [0.1, 0.15) is 11.3 Å². The topological polar surface area (TPSA) is 62.3 Å². The van der Waals surface area contributed by atoms with Crippen LogP contribution in [-0.2, 0) is 0 Å². The molecule has 0 aliphatic heterocycles. The van der Waals surface area contributed by atoms with Gasteiger partial charge in [-0.1, -0.05) is 18.2 Å². The quantitative estimate of drug-likeness (QED) is 0.631. The molecule has 0 fully saturated rings. The van der Waals surface area contributed by atoms with Crippen molar-refractivity contribution in [2.75, 3.05) is 7.11 Å². The first kappa shape index (κ1) is 15.6. The average molecular weight is 419 g/mol. The molecule has 1 heterocycles. The van der Waals surface area contributed by atoms with Crippen molar-refractivity contribution in [1.29, 1.82) is 0 Å². The highest BCUT2D eigenvalue weighted by atomic mass is 127. The molecule has 0 aliphatic rings. The number of hydrogen-bond donors (Lipinski definition) is 2. The number of pyridine rings is 1. The number of H-pyrrole nitrogens is 1. The van der Waals surface area contributed by atoms with E-state index in [2.05, 4.69) is 4.98 Å². The second-order valence-electron chi connectivity index (χ2n) is 5.02. The summed E-state index contributed by atoms with van der Waals surface area (Å²) in [4.78, 5) is 15.3. The lowest BCUT2D eigenvalue weighted by molar-refractivity contribution is 0.371. The number of aromatic hydroxyl groups is 1. The van der Waals surface area contributed by atoms with E-state index >= 15 is 0 Å². The SMILES string of the molecule is COc1cc(C=Cc2cc(=O)c3ccccc3[nH]2)cc(I)c1O. The number of benzene rings is 2. The van der Waals surface area contributed by atoms with Gasteiger partial charge < -0.3 is 14.8 Å². The van der Waals surface area contributed by atoms with E-state index in [1.165, 1.54) is 7.11 Å². The lowest BCUT2D eigenvalue weighted by Gasteiger charge is -2.06.